The zero-order chi connectivity index (χ0) is 8.06. The summed E-state index contributed by atoms with van der Waals surface area (Å²) in [5, 5.41) is 8.87. The van der Waals surface area contributed by atoms with Crippen LogP contribution in [-0.4, -0.2) is 16.6 Å². The summed E-state index contributed by atoms with van der Waals surface area (Å²) in [6.07, 6.45) is 3.96. The average molecular weight is 192 g/mol. The van der Waals surface area contributed by atoms with Gasteiger partial charge in [0, 0.05) is 0 Å². The van der Waals surface area contributed by atoms with Crippen molar-refractivity contribution in [3.05, 3.63) is 0 Å². The highest BCUT2D eigenvalue weighted by Crippen LogP contribution is 2.49. The van der Waals surface area contributed by atoms with E-state index < -0.39 is 11.5 Å². The number of aliphatic carboxylic acids is 1. The van der Waals surface area contributed by atoms with Gasteiger partial charge in [0.15, 0.2) is 0 Å². The van der Waals surface area contributed by atoms with Gasteiger partial charge in [-0.2, -0.15) is 0 Å². The van der Waals surface area contributed by atoms with Gasteiger partial charge in [0.1, 0.15) is 5.54 Å². The van der Waals surface area contributed by atoms with Crippen LogP contribution < -0.4 is 5.73 Å². The second-order valence-electron chi connectivity index (χ2n) is 3.93. The number of carboxylic acids is 1. The van der Waals surface area contributed by atoms with E-state index in [0.29, 0.717) is 12.3 Å². The molecular formula is C8H14ClNO2. The first kappa shape index (κ1) is 9.81. The second kappa shape index (κ2) is 2.89. The van der Waals surface area contributed by atoms with Crippen LogP contribution in [0.3, 0.4) is 0 Å². The Hall–Kier alpha value is -0.280. The molecule has 2 bridgehead atoms. The lowest BCUT2D eigenvalue weighted by Gasteiger charge is -2.28. The van der Waals surface area contributed by atoms with Gasteiger partial charge in [-0.05, 0) is 31.1 Å². The Labute approximate surface area is 77.7 Å². The van der Waals surface area contributed by atoms with Crippen LogP contribution in [0.2, 0.25) is 0 Å². The number of carbonyl (C=O) groups is 1. The molecule has 2 aliphatic carbocycles. The molecule has 0 spiro atoms. The summed E-state index contributed by atoms with van der Waals surface area (Å²) in [5.41, 5.74) is 4.92. The van der Waals surface area contributed by atoms with Crippen molar-refractivity contribution in [3.8, 4) is 0 Å². The molecule has 0 amide bonds. The predicted octanol–water partition coefficient (Wildman–Crippen LogP) is 1.01. The summed E-state index contributed by atoms with van der Waals surface area (Å²) in [7, 11) is 0. The first-order valence-corrected chi connectivity index (χ1v) is 4.15. The van der Waals surface area contributed by atoms with Crippen LogP contribution in [0.4, 0.5) is 0 Å². The molecule has 70 valence electrons. The van der Waals surface area contributed by atoms with Gasteiger partial charge in [-0.3, -0.25) is 4.79 Å². The molecule has 2 fully saturated rings. The van der Waals surface area contributed by atoms with E-state index in [1.165, 1.54) is 6.42 Å². The van der Waals surface area contributed by atoms with Gasteiger partial charge >= 0.3 is 5.97 Å². The zero-order valence-corrected chi connectivity index (χ0v) is 7.64. The predicted molar refractivity (Wildman–Crippen MR) is 47.3 cm³/mol. The molecular weight excluding hydrogens is 178 g/mol. The maximum Gasteiger partial charge on any atom is 0.323 e. The van der Waals surface area contributed by atoms with Crippen molar-refractivity contribution in [2.45, 2.75) is 31.2 Å². The Morgan fingerprint density at radius 2 is 2.17 bits per heavy atom. The van der Waals surface area contributed by atoms with Crippen LogP contribution in [0.5, 0.6) is 0 Å². The summed E-state index contributed by atoms with van der Waals surface area (Å²) in [4.78, 5) is 10.8. The van der Waals surface area contributed by atoms with Crippen molar-refractivity contribution in [1.29, 1.82) is 0 Å². The number of nitrogens with two attached hydrogens (primary N) is 1. The Morgan fingerprint density at radius 1 is 1.50 bits per heavy atom. The normalized spacial score (nSPS) is 44.1. The number of hydrogen-bond acceptors (Lipinski definition) is 2. The highest BCUT2D eigenvalue weighted by atomic mass is 35.5. The molecule has 3 N–H and O–H groups in total. The Bertz CT molecular complexity index is 209. The summed E-state index contributed by atoms with van der Waals surface area (Å²) < 4.78 is 0. The van der Waals surface area contributed by atoms with Gasteiger partial charge in [0.05, 0.1) is 0 Å². The maximum absolute atomic E-state index is 10.8. The van der Waals surface area contributed by atoms with Crippen molar-refractivity contribution in [2.75, 3.05) is 0 Å². The lowest BCUT2D eigenvalue weighted by atomic mass is 9.82. The van der Waals surface area contributed by atoms with E-state index in [9.17, 15) is 4.79 Å². The molecule has 3 atom stereocenters. The Balaban J connectivity index is 0.000000720. The van der Waals surface area contributed by atoms with Crippen molar-refractivity contribution in [1.82, 2.24) is 0 Å². The third kappa shape index (κ3) is 1.12. The van der Waals surface area contributed by atoms with Crippen LogP contribution >= 0.6 is 12.4 Å². The lowest BCUT2D eigenvalue weighted by molar-refractivity contribution is -0.145. The van der Waals surface area contributed by atoms with E-state index in [1.807, 2.05) is 0 Å². The fourth-order valence-electron chi connectivity index (χ4n) is 2.63. The van der Waals surface area contributed by atoms with Crippen LogP contribution in [0, 0.1) is 11.8 Å². The van der Waals surface area contributed by atoms with Crippen molar-refractivity contribution < 1.29 is 9.90 Å². The number of carboxylic acid groups (broad SMARTS) is 1. The second-order valence-corrected chi connectivity index (χ2v) is 3.93. The number of halogens is 1. The molecule has 2 saturated carbocycles. The standard InChI is InChI=1S/C8H13NO2.ClH/c9-8(7(10)11)4-5-1-2-6(8)3-5;/h5-6H,1-4,9H2,(H,10,11);1H/t5-,6+,8-;/m0./s1. The largest absolute Gasteiger partial charge is 0.480 e. The van der Waals surface area contributed by atoms with Crippen LogP contribution in [0.25, 0.3) is 0 Å². The smallest absolute Gasteiger partial charge is 0.323 e. The molecule has 0 saturated heterocycles. The van der Waals surface area contributed by atoms with E-state index in [2.05, 4.69) is 0 Å². The molecule has 2 aliphatic rings. The molecule has 2 rings (SSSR count). The first-order chi connectivity index (χ1) is 5.13. The van der Waals surface area contributed by atoms with Crippen molar-refractivity contribution in [2.24, 2.45) is 17.6 Å². The molecule has 0 aromatic rings. The number of hydrogen-bond donors (Lipinski definition) is 2. The Kier molecular flexibility index (Phi) is 2.36. The maximum atomic E-state index is 10.8. The summed E-state index contributed by atoms with van der Waals surface area (Å²) >= 11 is 0. The van der Waals surface area contributed by atoms with E-state index in [1.54, 1.807) is 0 Å². The molecule has 0 aliphatic heterocycles. The minimum absolute atomic E-state index is 0. The van der Waals surface area contributed by atoms with Gasteiger partial charge in [-0.25, -0.2) is 0 Å². The minimum atomic E-state index is -0.872. The summed E-state index contributed by atoms with van der Waals surface area (Å²) in [6.45, 7) is 0. The average Bonchev–Trinajstić information content (AvgIpc) is 2.45. The van der Waals surface area contributed by atoms with E-state index in [0.717, 1.165) is 12.8 Å². The highest BCUT2D eigenvalue weighted by Gasteiger charge is 2.53. The molecule has 0 aromatic carbocycles. The molecule has 0 radical (unpaired) electrons. The summed E-state index contributed by atoms with van der Waals surface area (Å²) in [6, 6.07) is 0. The third-order valence-electron chi connectivity index (χ3n) is 3.29. The number of rotatable bonds is 1. The highest BCUT2D eigenvalue weighted by molar-refractivity contribution is 5.85. The molecule has 0 unspecified atom stereocenters. The van der Waals surface area contributed by atoms with E-state index in [4.69, 9.17) is 10.8 Å². The summed E-state index contributed by atoms with van der Waals surface area (Å²) in [5.74, 6) is 0.0517. The van der Waals surface area contributed by atoms with Gasteiger partial charge in [0.2, 0.25) is 0 Å². The van der Waals surface area contributed by atoms with Gasteiger partial charge in [0.25, 0.3) is 0 Å². The fraction of sp³-hybridized carbons (Fsp3) is 0.875. The molecule has 12 heavy (non-hydrogen) atoms. The molecule has 0 aromatic heterocycles. The van der Waals surface area contributed by atoms with E-state index >= 15 is 0 Å². The number of fused-ring (bicyclic) bond motifs is 2. The molecule has 3 nitrogen and oxygen atoms in total. The van der Waals surface area contributed by atoms with Crippen LogP contribution in [0.1, 0.15) is 25.7 Å². The first-order valence-electron chi connectivity index (χ1n) is 4.15. The Morgan fingerprint density at radius 3 is 2.42 bits per heavy atom. The van der Waals surface area contributed by atoms with Gasteiger partial charge in [-0.15, -0.1) is 12.4 Å². The monoisotopic (exact) mass is 191 g/mol. The third-order valence-corrected chi connectivity index (χ3v) is 3.29. The van der Waals surface area contributed by atoms with Crippen LogP contribution in [0.15, 0.2) is 0 Å². The lowest BCUT2D eigenvalue weighted by Crippen LogP contribution is -2.52. The van der Waals surface area contributed by atoms with Crippen molar-refractivity contribution in [3.63, 3.8) is 0 Å². The zero-order valence-electron chi connectivity index (χ0n) is 6.82. The topological polar surface area (TPSA) is 63.3 Å². The fourth-order valence-corrected chi connectivity index (χ4v) is 2.63. The minimum Gasteiger partial charge on any atom is -0.480 e. The van der Waals surface area contributed by atoms with E-state index in [-0.39, 0.29) is 18.3 Å². The SMILES string of the molecule is Cl.N[C@@]1(C(=O)O)C[C@H]2CC[C@@H]1C2. The molecule has 4 heteroatoms. The van der Waals surface area contributed by atoms with Gasteiger partial charge in [-0.1, -0.05) is 6.42 Å². The van der Waals surface area contributed by atoms with Crippen molar-refractivity contribution >= 4 is 18.4 Å². The van der Waals surface area contributed by atoms with Crippen LogP contribution in [-0.2, 0) is 4.79 Å². The van der Waals surface area contributed by atoms with Gasteiger partial charge < -0.3 is 10.8 Å². The molecule has 0 heterocycles. The quantitative estimate of drug-likeness (QED) is 0.650.